The smallest absolute Gasteiger partial charge is 0.306 e. The molecule has 0 aromatic carbocycles. The van der Waals surface area contributed by atoms with Gasteiger partial charge in [-0.2, -0.15) is 0 Å². The maximum atomic E-state index is 12.0. The van der Waals surface area contributed by atoms with Crippen LogP contribution in [0.15, 0.2) is 0 Å². The van der Waals surface area contributed by atoms with Crippen LogP contribution in [0.3, 0.4) is 0 Å². The number of aliphatic hydroxyl groups is 3. The molecular weight excluding hydrogens is 444 g/mol. The molecule has 0 saturated carbocycles. The fourth-order valence-electron chi connectivity index (χ4n) is 4.87. The lowest BCUT2D eigenvalue weighted by molar-refractivity contribution is -0.210. The van der Waals surface area contributed by atoms with E-state index >= 15 is 0 Å². The number of unbranched alkanes of at least 4 members (excludes halogenated alkanes) is 19. The number of ether oxygens (including phenoxy) is 2. The summed E-state index contributed by atoms with van der Waals surface area (Å²) in [5.41, 5.74) is 0. The zero-order chi connectivity index (χ0) is 25.6. The van der Waals surface area contributed by atoms with Crippen molar-refractivity contribution in [3.05, 3.63) is 0 Å². The predicted molar refractivity (Wildman–Crippen MR) is 141 cm³/mol. The molecular formula is C29H56O6. The summed E-state index contributed by atoms with van der Waals surface area (Å²) in [6, 6.07) is 0. The first-order valence-corrected chi connectivity index (χ1v) is 14.9. The van der Waals surface area contributed by atoms with Gasteiger partial charge in [-0.3, -0.25) is 4.79 Å². The summed E-state index contributed by atoms with van der Waals surface area (Å²) in [6.07, 6.45) is 22.6. The van der Waals surface area contributed by atoms with Gasteiger partial charge < -0.3 is 24.8 Å². The Morgan fingerprint density at radius 3 is 1.49 bits per heavy atom. The van der Waals surface area contributed by atoms with Crippen LogP contribution in [-0.4, -0.2) is 58.9 Å². The Kier molecular flexibility index (Phi) is 20.8. The molecule has 0 bridgehead atoms. The first kappa shape index (κ1) is 32.3. The van der Waals surface area contributed by atoms with Gasteiger partial charge in [-0.1, -0.05) is 129 Å². The van der Waals surface area contributed by atoms with E-state index in [0.29, 0.717) is 6.42 Å². The van der Waals surface area contributed by atoms with Crippen LogP contribution in [0.2, 0.25) is 0 Å². The lowest BCUT2D eigenvalue weighted by Crippen LogP contribution is -2.55. The molecule has 3 N–H and O–H groups in total. The zero-order valence-electron chi connectivity index (χ0n) is 22.6. The van der Waals surface area contributed by atoms with E-state index in [0.717, 1.165) is 19.3 Å². The van der Waals surface area contributed by atoms with Gasteiger partial charge >= 0.3 is 5.97 Å². The Balaban J connectivity index is 1.80. The molecule has 1 aliphatic heterocycles. The molecule has 6 heteroatoms. The number of hydrogen-bond acceptors (Lipinski definition) is 6. The summed E-state index contributed by atoms with van der Waals surface area (Å²) in [5.74, 6) is -0.366. The van der Waals surface area contributed by atoms with Gasteiger partial charge in [-0.15, -0.1) is 0 Å². The number of hydrogen-bond donors (Lipinski definition) is 3. The highest BCUT2D eigenvalue weighted by molar-refractivity contribution is 5.69. The minimum Gasteiger partial charge on any atom is -0.457 e. The van der Waals surface area contributed by atoms with Gasteiger partial charge in [0.15, 0.2) is 6.10 Å². The maximum Gasteiger partial charge on any atom is 0.306 e. The molecule has 0 aromatic rings. The van der Waals surface area contributed by atoms with Gasteiger partial charge in [0.25, 0.3) is 0 Å². The van der Waals surface area contributed by atoms with Crippen molar-refractivity contribution in [2.24, 2.45) is 0 Å². The topological polar surface area (TPSA) is 96.2 Å². The lowest BCUT2D eigenvalue weighted by Gasteiger charge is -2.36. The highest BCUT2D eigenvalue weighted by Gasteiger charge is 2.40. The van der Waals surface area contributed by atoms with Crippen LogP contribution < -0.4 is 0 Å². The number of esters is 1. The number of rotatable bonds is 23. The van der Waals surface area contributed by atoms with Crippen molar-refractivity contribution in [2.45, 2.75) is 166 Å². The summed E-state index contributed by atoms with van der Waals surface area (Å²) >= 11 is 0. The Bertz CT molecular complexity index is 486. The van der Waals surface area contributed by atoms with E-state index in [9.17, 15) is 15.0 Å². The summed E-state index contributed by atoms with van der Waals surface area (Å²) in [6.45, 7) is 1.90. The molecule has 1 aliphatic rings. The molecule has 0 amide bonds. The van der Waals surface area contributed by atoms with Crippen molar-refractivity contribution in [3.8, 4) is 0 Å². The predicted octanol–water partition coefficient (Wildman–Crippen LogP) is 6.22. The molecule has 0 spiro atoms. The average Bonchev–Trinajstić information content (AvgIpc) is 2.85. The van der Waals surface area contributed by atoms with Crippen LogP contribution >= 0.6 is 0 Å². The van der Waals surface area contributed by atoms with E-state index < -0.39 is 24.4 Å². The second-order valence-corrected chi connectivity index (χ2v) is 10.5. The minimum absolute atomic E-state index is 0.00551. The Hall–Kier alpha value is -0.690. The van der Waals surface area contributed by atoms with Crippen LogP contribution in [-0.2, 0) is 14.3 Å². The number of carbonyl (C=O) groups excluding carboxylic acids is 1. The number of aliphatic hydroxyl groups excluding tert-OH is 3. The Morgan fingerprint density at radius 1 is 0.686 bits per heavy atom. The van der Waals surface area contributed by atoms with E-state index in [-0.39, 0.29) is 19.2 Å². The normalized spacial score (nSPS) is 22.4. The second-order valence-electron chi connectivity index (χ2n) is 10.5. The van der Waals surface area contributed by atoms with Crippen LogP contribution in [0.25, 0.3) is 0 Å². The quantitative estimate of drug-likeness (QED) is 0.114. The zero-order valence-corrected chi connectivity index (χ0v) is 22.6. The van der Waals surface area contributed by atoms with Gasteiger partial charge in [0.1, 0.15) is 18.3 Å². The Labute approximate surface area is 215 Å². The molecule has 0 aromatic heterocycles. The van der Waals surface area contributed by atoms with Gasteiger partial charge in [0.05, 0.1) is 13.2 Å². The molecule has 6 nitrogen and oxygen atoms in total. The average molecular weight is 501 g/mol. The molecule has 4 atom stereocenters. The van der Waals surface area contributed by atoms with Gasteiger partial charge in [-0.25, -0.2) is 0 Å². The molecule has 0 aliphatic carbocycles. The van der Waals surface area contributed by atoms with E-state index in [1.807, 2.05) is 0 Å². The fourth-order valence-corrected chi connectivity index (χ4v) is 4.87. The molecule has 35 heavy (non-hydrogen) atoms. The van der Waals surface area contributed by atoms with Crippen molar-refractivity contribution < 1.29 is 29.6 Å². The SMILES string of the molecule is CCCCCCCCCCCCCCCCCCCCCCC(=O)O[C@@H]1CO[C@H](CO)[C@@H](O)[C@@H]1O. The van der Waals surface area contributed by atoms with Gasteiger partial charge in [0, 0.05) is 6.42 Å². The highest BCUT2D eigenvalue weighted by atomic mass is 16.6. The van der Waals surface area contributed by atoms with Gasteiger partial charge in [0.2, 0.25) is 0 Å². The molecule has 1 rings (SSSR count). The molecule has 0 radical (unpaired) electrons. The monoisotopic (exact) mass is 500 g/mol. The standard InChI is InChI=1S/C29H56O6/c1-2-3-4-5-6-7-8-9-10-11-12-13-14-15-16-17-18-19-20-21-22-27(31)35-26-24-34-25(23-30)28(32)29(26)33/h25-26,28-30,32-33H,2-24H2,1H3/t25-,26-,28-,29-/m1/s1. The van der Waals surface area contributed by atoms with Crippen molar-refractivity contribution in [1.82, 2.24) is 0 Å². The number of carbonyl (C=O) groups is 1. The first-order chi connectivity index (χ1) is 17.1. The molecule has 1 fully saturated rings. The van der Waals surface area contributed by atoms with Crippen LogP contribution in [0.5, 0.6) is 0 Å². The summed E-state index contributed by atoms with van der Waals surface area (Å²) in [7, 11) is 0. The van der Waals surface area contributed by atoms with Crippen molar-refractivity contribution in [1.29, 1.82) is 0 Å². The van der Waals surface area contributed by atoms with Crippen molar-refractivity contribution >= 4 is 5.97 Å². The first-order valence-electron chi connectivity index (χ1n) is 14.9. The van der Waals surface area contributed by atoms with E-state index in [4.69, 9.17) is 14.6 Å². The van der Waals surface area contributed by atoms with Crippen molar-refractivity contribution in [2.75, 3.05) is 13.2 Å². The highest BCUT2D eigenvalue weighted by Crippen LogP contribution is 2.19. The molecule has 1 heterocycles. The third-order valence-corrected chi connectivity index (χ3v) is 7.28. The van der Waals surface area contributed by atoms with Crippen molar-refractivity contribution in [3.63, 3.8) is 0 Å². The molecule has 0 unspecified atom stereocenters. The summed E-state index contributed by atoms with van der Waals surface area (Å²) in [5, 5.41) is 28.9. The molecule has 208 valence electrons. The van der Waals surface area contributed by atoms with E-state index in [1.54, 1.807) is 0 Å². The summed E-state index contributed by atoms with van der Waals surface area (Å²) < 4.78 is 10.5. The third-order valence-electron chi connectivity index (χ3n) is 7.28. The largest absolute Gasteiger partial charge is 0.457 e. The summed E-state index contributed by atoms with van der Waals surface area (Å²) in [4.78, 5) is 12.0. The maximum absolute atomic E-state index is 12.0. The Morgan fingerprint density at radius 2 is 1.09 bits per heavy atom. The second kappa shape index (κ2) is 22.5. The lowest BCUT2D eigenvalue weighted by atomic mass is 10.0. The fraction of sp³-hybridized carbons (Fsp3) is 0.966. The minimum atomic E-state index is -1.24. The van der Waals surface area contributed by atoms with Crippen LogP contribution in [0.1, 0.15) is 142 Å². The van der Waals surface area contributed by atoms with Gasteiger partial charge in [-0.05, 0) is 6.42 Å². The van der Waals surface area contributed by atoms with Crippen LogP contribution in [0, 0.1) is 0 Å². The molecule has 1 saturated heterocycles. The van der Waals surface area contributed by atoms with E-state index in [1.165, 1.54) is 109 Å². The van der Waals surface area contributed by atoms with Crippen LogP contribution in [0.4, 0.5) is 0 Å². The van der Waals surface area contributed by atoms with E-state index in [2.05, 4.69) is 6.92 Å². The third kappa shape index (κ3) is 16.6.